The van der Waals surface area contributed by atoms with E-state index in [1.54, 1.807) is 42.5 Å². The van der Waals surface area contributed by atoms with Crippen molar-refractivity contribution in [3.05, 3.63) is 47.7 Å². The zero-order valence-corrected chi connectivity index (χ0v) is 8.29. The van der Waals surface area contributed by atoms with Crippen molar-refractivity contribution in [3.63, 3.8) is 0 Å². The second-order valence-electron chi connectivity index (χ2n) is 2.81. The molecule has 0 bridgehead atoms. The molecule has 0 aliphatic carbocycles. The third-order valence-corrected chi connectivity index (χ3v) is 1.81. The number of amides is 1. The molecule has 0 aliphatic heterocycles. The molecule has 0 aromatic heterocycles. The maximum absolute atomic E-state index is 11.7. The van der Waals surface area contributed by atoms with Crippen molar-refractivity contribution in [1.82, 2.24) is 5.01 Å². The Hall–Kier alpha value is -2.63. The van der Waals surface area contributed by atoms with Gasteiger partial charge in [0.25, 0.3) is 5.91 Å². The molecule has 5 nitrogen and oxygen atoms in total. The summed E-state index contributed by atoms with van der Waals surface area (Å²) in [5.74, 6) is 4.89. The number of nitriles is 2. The lowest BCUT2D eigenvalue weighted by Crippen LogP contribution is -2.36. The van der Waals surface area contributed by atoms with Crippen molar-refractivity contribution in [2.45, 2.75) is 0 Å². The first-order chi connectivity index (χ1) is 7.70. The third kappa shape index (κ3) is 2.44. The van der Waals surface area contributed by atoms with Crippen LogP contribution < -0.4 is 5.84 Å². The van der Waals surface area contributed by atoms with E-state index in [1.165, 1.54) is 0 Å². The number of nitrogens with two attached hydrogens (primary N) is 1. The first-order valence-electron chi connectivity index (χ1n) is 4.34. The Kier molecular flexibility index (Phi) is 3.79. The SMILES string of the molecule is N#C/C=C(\C#N)N(N)C(=O)c1ccccc1. The second kappa shape index (κ2) is 5.30. The Bertz CT molecular complexity index is 493. The molecule has 0 spiro atoms. The molecule has 0 saturated heterocycles. The Morgan fingerprint density at radius 3 is 2.44 bits per heavy atom. The molecule has 1 aromatic carbocycles. The first-order valence-corrected chi connectivity index (χ1v) is 4.34. The number of benzene rings is 1. The van der Waals surface area contributed by atoms with Crippen LogP contribution in [0.2, 0.25) is 0 Å². The van der Waals surface area contributed by atoms with E-state index < -0.39 is 5.91 Å². The average molecular weight is 212 g/mol. The van der Waals surface area contributed by atoms with E-state index in [-0.39, 0.29) is 5.70 Å². The Balaban J connectivity index is 2.97. The summed E-state index contributed by atoms with van der Waals surface area (Å²) in [7, 11) is 0. The van der Waals surface area contributed by atoms with E-state index in [9.17, 15) is 4.79 Å². The van der Waals surface area contributed by atoms with Crippen molar-refractivity contribution in [1.29, 1.82) is 10.5 Å². The Labute approximate surface area is 92.6 Å². The number of nitrogens with zero attached hydrogens (tertiary/aromatic N) is 3. The van der Waals surface area contributed by atoms with Gasteiger partial charge < -0.3 is 0 Å². The molecule has 0 fully saturated rings. The number of hydrogen-bond donors (Lipinski definition) is 1. The summed E-state index contributed by atoms with van der Waals surface area (Å²) >= 11 is 0. The molecule has 0 atom stereocenters. The Morgan fingerprint density at radius 1 is 1.31 bits per heavy atom. The van der Waals surface area contributed by atoms with Gasteiger partial charge in [-0.3, -0.25) is 4.79 Å². The van der Waals surface area contributed by atoms with Crippen LogP contribution in [0.1, 0.15) is 10.4 Å². The molecule has 1 aromatic rings. The summed E-state index contributed by atoms with van der Waals surface area (Å²) in [6.45, 7) is 0. The van der Waals surface area contributed by atoms with Crippen LogP contribution in [0.4, 0.5) is 0 Å². The van der Waals surface area contributed by atoms with Gasteiger partial charge in [0, 0.05) is 5.56 Å². The van der Waals surface area contributed by atoms with E-state index in [0.29, 0.717) is 10.6 Å². The number of hydrogen-bond acceptors (Lipinski definition) is 4. The molecule has 0 radical (unpaired) electrons. The topological polar surface area (TPSA) is 93.9 Å². The van der Waals surface area contributed by atoms with E-state index in [0.717, 1.165) is 6.08 Å². The molecule has 0 unspecified atom stereocenters. The van der Waals surface area contributed by atoms with Crippen molar-refractivity contribution in [2.24, 2.45) is 5.84 Å². The second-order valence-corrected chi connectivity index (χ2v) is 2.81. The van der Waals surface area contributed by atoms with E-state index >= 15 is 0 Å². The summed E-state index contributed by atoms with van der Waals surface area (Å²) in [4.78, 5) is 11.7. The van der Waals surface area contributed by atoms with Gasteiger partial charge in [0.2, 0.25) is 0 Å². The molecular formula is C11H8N4O. The molecule has 0 heterocycles. The smallest absolute Gasteiger partial charge is 0.267 e. The van der Waals surface area contributed by atoms with Crippen molar-refractivity contribution in [2.75, 3.05) is 0 Å². The van der Waals surface area contributed by atoms with Crippen molar-refractivity contribution in [3.8, 4) is 12.1 Å². The molecular weight excluding hydrogens is 204 g/mol. The zero-order chi connectivity index (χ0) is 12.0. The highest BCUT2D eigenvalue weighted by Gasteiger charge is 2.15. The lowest BCUT2D eigenvalue weighted by Gasteiger charge is -2.13. The van der Waals surface area contributed by atoms with Crippen molar-refractivity contribution < 1.29 is 4.79 Å². The average Bonchev–Trinajstić information content (AvgIpc) is 2.35. The minimum absolute atomic E-state index is 0.198. The number of carbonyl (C=O) groups excluding carboxylic acids is 1. The molecule has 1 rings (SSSR count). The van der Waals surface area contributed by atoms with Gasteiger partial charge >= 0.3 is 0 Å². The van der Waals surface area contributed by atoms with E-state index in [1.807, 2.05) is 0 Å². The minimum Gasteiger partial charge on any atom is -0.267 e. The minimum atomic E-state index is -0.538. The highest BCUT2D eigenvalue weighted by molar-refractivity contribution is 5.95. The third-order valence-electron chi connectivity index (χ3n) is 1.81. The summed E-state index contributed by atoms with van der Waals surface area (Å²) in [6.07, 6.45) is 0.918. The normalized spacial score (nSPS) is 10.1. The van der Waals surface area contributed by atoms with Crippen LogP contribution in [0.5, 0.6) is 0 Å². The van der Waals surface area contributed by atoms with Crippen LogP contribution in [0.15, 0.2) is 42.1 Å². The van der Waals surface area contributed by atoms with Crippen LogP contribution in [-0.2, 0) is 0 Å². The van der Waals surface area contributed by atoms with Gasteiger partial charge in [0.1, 0.15) is 11.8 Å². The molecule has 0 saturated carbocycles. The molecule has 0 aliphatic rings. The molecule has 5 heteroatoms. The highest BCUT2D eigenvalue weighted by atomic mass is 16.2. The van der Waals surface area contributed by atoms with E-state index in [4.69, 9.17) is 16.4 Å². The lowest BCUT2D eigenvalue weighted by molar-refractivity contribution is 0.0812. The Morgan fingerprint density at radius 2 is 1.94 bits per heavy atom. The van der Waals surface area contributed by atoms with Crippen molar-refractivity contribution >= 4 is 5.91 Å². The molecule has 1 amide bonds. The maximum Gasteiger partial charge on any atom is 0.273 e. The van der Waals surface area contributed by atoms with Gasteiger partial charge in [-0.15, -0.1) is 0 Å². The summed E-state index contributed by atoms with van der Waals surface area (Å²) in [5.41, 5.74) is 0.153. The predicted molar refractivity (Wildman–Crippen MR) is 56.1 cm³/mol. The molecule has 78 valence electrons. The number of allylic oxidation sites excluding steroid dienone is 2. The standard InChI is InChI=1S/C11H8N4O/c12-7-6-10(8-13)15(14)11(16)9-4-2-1-3-5-9/h1-6H,14H2/b10-6+. The fraction of sp³-hybridized carbons (Fsp3) is 0. The van der Waals surface area contributed by atoms with Crippen LogP contribution in [0.3, 0.4) is 0 Å². The fourth-order valence-corrected chi connectivity index (χ4v) is 1.05. The van der Waals surface area contributed by atoms with Crippen LogP contribution in [0, 0.1) is 22.7 Å². The van der Waals surface area contributed by atoms with Gasteiger partial charge in [-0.05, 0) is 12.1 Å². The fourth-order valence-electron chi connectivity index (χ4n) is 1.05. The summed E-state index contributed by atoms with van der Waals surface area (Å²) in [5, 5.41) is 17.7. The summed E-state index contributed by atoms with van der Waals surface area (Å²) < 4.78 is 0. The predicted octanol–water partition coefficient (Wildman–Crippen LogP) is 0.934. The van der Waals surface area contributed by atoms with Gasteiger partial charge in [0.05, 0.1) is 12.1 Å². The zero-order valence-electron chi connectivity index (χ0n) is 8.29. The quantitative estimate of drug-likeness (QED) is 0.341. The van der Waals surface area contributed by atoms with E-state index in [2.05, 4.69) is 0 Å². The maximum atomic E-state index is 11.7. The van der Waals surface area contributed by atoms with Crippen LogP contribution >= 0.6 is 0 Å². The van der Waals surface area contributed by atoms with Gasteiger partial charge in [-0.1, -0.05) is 18.2 Å². The number of rotatable bonds is 2. The first kappa shape index (κ1) is 11.4. The molecule has 16 heavy (non-hydrogen) atoms. The van der Waals surface area contributed by atoms with Crippen LogP contribution in [0.25, 0.3) is 0 Å². The number of carbonyl (C=O) groups is 1. The van der Waals surface area contributed by atoms with Gasteiger partial charge in [-0.25, -0.2) is 10.9 Å². The summed E-state index contributed by atoms with van der Waals surface area (Å²) in [6, 6.07) is 11.6. The van der Waals surface area contributed by atoms with Gasteiger partial charge in [-0.2, -0.15) is 10.5 Å². The lowest BCUT2D eigenvalue weighted by atomic mass is 10.2. The van der Waals surface area contributed by atoms with Crippen LogP contribution in [-0.4, -0.2) is 10.9 Å². The number of hydrazine groups is 1. The largest absolute Gasteiger partial charge is 0.273 e. The molecule has 2 N–H and O–H groups in total. The monoisotopic (exact) mass is 212 g/mol. The van der Waals surface area contributed by atoms with Gasteiger partial charge in [0.15, 0.2) is 0 Å². The highest BCUT2D eigenvalue weighted by Crippen LogP contribution is 2.06.